The second kappa shape index (κ2) is 4.45. The average Bonchev–Trinajstić information content (AvgIpc) is 2.59. The van der Waals surface area contributed by atoms with Crippen LogP contribution in [0.15, 0.2) is 22.6 Å². The van der Waals surface area contributed by atoms with Crippen LogP contribution in [0, 0.1) is 6.92 Å². The molecule has 0 aliphatic carbocycles. The third-order valence-electron chi connectivity index (χ3n) is 2.51. The van der Waals surface area contributed by atoms with E-state index >= 15 is 0 Å². The van der Waals surface area contributed by atoms with Crippen LogP contribution < -0.4 is 5.73 Å². The molecule has 1 aromatic heterocycles. The highest BCUT2D eigenvalue weighted by atomic mass is 16.3. The summed E-state index contributed by atoms with van der Waals surface area (Å²) in [7, 11) is 0. The zero-order valence-electron chi connectivity index (χ0n) is 8.99. The van der Waals surface area contributed by atoms with Crippen LogP contribution in [0.2, 0.25) is 0 Å². The van der Waals surface area contributed by atoms with Crippen molar-refractivity contribution in [3.63, 3.8) is 0 Å². The minimum Gasteiger partial charge on any atom is -0.441 e. The monoisotopic (exact) mass is 204 g/mol. The number of hydrogen-bond donors (Lipinski definition) is 1. The molecule has 2 aromatic rings. The molecule has 80 valence electrons. The van der Waals surface area contributed by atoms with Crippen molar-refractivity contribution in [1.82, 2.24) is 4.98 Å². The van der Waals surface area contributed by atoms with Crippen molar-refractivity contribution in [3.8, 4) is 0 Å². The second-order valence-corrected chi connectivity index (χ2v) is 3.74. The lowest BCUT2D eigenvalue weighted by molar-refractivity contribution is 0.561. The fourth-order valence-electron chi connectivity index (χ4n) is 1.78. The minimum absolute atomic E-state index is 0.733. The van der Waals surface area contributed by atoms with E-state index in [4.69, 9.17) is 10.2 Å². The second-order valence-electron chi connectivity index (χ2n) is 3.74. The smallest absolute Gasteiger partial charge is 0.192 e. The number of aryl methyl sites for hydroxylation is 2. The Morgan fingerprint density at radius 2 is 2.20 bits per heavy atom. The van der Waals surface area contributed by atoms with Crippen LogP contribution in [0.5, 0.6) is 0 Å². The van der Waals surface area contributed by atoms with Gasteiger partial charge in [-0.05, 0) is 37.4 Å². The average molecular weight is 204 g/mol. The molecule has 0 atom stereocenters. The highest BCUT2D eigenvalue weighted by Gasteiger charge is 2.06. The lowest BCUT2D eigenvalue weighted by Crippen LogP contribution is -1.99. The van der Waals surface area contributed by atoms with Gasteiger partial charge in [0.05, 0.1) is 0 Å². The van der Waals surface area contributed by atoms with Crippen LogP contribution >= 0.6 is 0 Å². The summed E-state index contributed by atoms with van der Waals surface area (Å²) in [5, 5.41) is 0. The summed E-state index contributed by atoms with van der Waals surface area (Å²) >= 11 is 0. The molecule has 1 heterocycles. The number of benzene rings is 1. The van der Waals surface area contributed by atoms with Crippen LogP contribution in [0.25, 0.3) is 11.1 Å². The molecule has 0 amide bonds. The molecule has 0 aliphatic heterocycles. The SMILES string of the molecule is Cc1nc2c(CCCCN)cccc2o1. The predicted molar refractivity (Wildman–Crippen MR) is 60.7 cm³/mol. The normalized spacial score (nSPS) is 11.1. The maximum atomic E-state index is 5.48. The molecule has 1 aromatic carbocycles. The summed E-state index contributed by atoms with van der Waals surface area (Å²) in [5.41, 5.74) is 8.63. The van der Waals surface area contributed by atoms with Gasteiger partial charge in [0.1, 0.15) is 5.52 Å². The number of nitrogens with two attached hydrogens (primary N) is 1. The lowest BCUT2D eigenvalue weighted by atomic mass is 10.1. The number of nitrogens with zero attached hydrogens (tertiary/aromatic N) is 1. The highest BCUT2D eigenvalue weighted by molar-refractivity contribution is 5.76. The highest BCUT2D eigenvalue weighted by Crippen LogP contribution is 2.20. The van der Waals surface area contributed by atoms with Crippen molar-refractivity contribution in [2.45, 2.75) is 26.2 Å². The van der Waals surface area contributed by atoms with E-state index in [9.17, 15) is 0 Å². The molecule has 0 fully saturated rings. The van der Waals surface area contributed by atoms with Crippen molar-refractivity contribution in [2.24, 2.45) is 5.73 Å². The van der Waals surface area contributed by atoms with Gasteiger partial charge in [0.15, 0.2) is 11.5 Å². The minimum atomic E-state index is 0.733. The first-order chi connectivity index (χ1) is 7.31. The Hall–Kier alpha value is -1.35. The van der Waals surface area contributed by atoms with Crippen LogP contribution in [0.1, 0.15) is 24.3 Å². The summed E-state index contributed by atoms with van der Waals surface area (Å²) in [6.07, 6.45) is 3.20. The molecule has 2 N–H and O–H groups in total. The number of para-hydroxylation sites is 1. The summed E-state index contributed by atoms with van der Waals surface area (Å²) in [4.78, 5) is 4.39. The van der Waals surface area contributed by atoms with Gasteiger partial charge in [-0.25, -0.2) is 4.98 Å². The van der Waals surface area contributed by atoms with E-state index < -0.39 is 0 Å². The van der Waals surface area contributed by atoms with Crippen LogP contribution in [-0.4, -0.2) is 11.5 Å². The van der Waals surface area contributed by atoms with Gasteiger partial charge in [-0.15, -0.1) is 0 Å². The molecule has 3 nitrogen and oxygen atoms in total. The topological polar surface area (TPSA) is 52.0 Å². The van der Waals surface area contributed by atoms with E-state index in [1.54, 1.807) is 0 Å². The molecule has 0 spiro atoms. The largest absolute Gasteiger partial charge is 0.441 e. The Kier molecular flexibility index (Phi) is 3.02. The Morgan fingerprint density at radius 1 is 1.33 bits per heavy atom. The van der Waals surface area contributed by atoms with Gasteiger partial charge in [-0.3, -0.25) is 0 Å². The van der Waals surface area contributed by atoms with Crippen LogP contribution in [-0.2, 0) is 6.42 Å². The Morgan fingerprint density at radius 3 is 3.00 bits per heavy atom. The van der Waals surface area contributed by atoms with Gasteiger partial charge in [0.2, 0.25) is 0 Å². The molecular weight excluding hydrogens is 188 g/mol. The quantitative estimate of drug-likeness (QED) is 0.778. The van der Waals surface area contributed by atoms with Crippen molar-refractivity contribution >= 4 is 11.1 Å². The van der Waals surface area contributed by atoms with Gasteiger partial charge in [0.25, 0.3) is 0 Å². The van der Waals surface area contributed by atoms with Gasteiger partial charge in [-0.1, -0.05) is 12.1 Å². The van der Waals surface area contributed by atoms with E-state index in [1.807, 2.05) is 19.1 Å². The number of rotatable bonds is 4. The summed E-state index contributed by atoms with van der Waals surface area (Å²) in [6.45, 7) is 2.64. The Labute approximate surface area is 89.3 Å². The van der Waals surface area contributed by atoms with E-state index in [1.165, 1.54) is 5.56 Å². The van der Waals surface area contributed by atoms with Crippen molar-refractivity contribution < 1.29 is 4.42 Å². The molecule has 3 heteroatoms. The zero-order valence-corrected chi connectivity index (χ0v) is 8.99. The third-order valence-corrected chi connectivity index (χ3v) is 2.51. The molecule has 15 heavy (non-hydrogen) atoms. The van der Waals surface area contributed by atoms with Gasteiger partial charge >= 0.3 is 0 Å². The molecule has 0 radical (unpaired) electrons. The predicted octanol–water partition coefficient (Wildman–Crippen LogP) is 2.42. The first-order valence-corrected chi connectivity index (χ1v) is 5.36. The fraction of sp³-hybridized carbons (Fsp3) is 0.417. The molecule has 0 bridgehead atoms. The van der Waals surface area contributed by atoms with E-state index in [2.05, 4.69) is 11.1 Å². The molecular formula is C12H16N2O. The number of aromatic nitrogens is 1. The van der Waals surface area contributed by atoms with Gasteiger partial charge in [0, 0.05) is 6.92 Å². The number of unbranched alkanes of at least 4 members (excludes halogenated alkanes) is 1. The van der Waals surface area contributed by atoms with E-state index in [-0.39, 0.29) is 0 Å². The van der Waals surface area contributed by atoms with Crippen molar-refractivity contribution in [1.29, 1.82) is 0 Å². The summed E-state index contributed by atoms with van der Waals surface area (Å²) in [6, 6.07) is 6.09. The fourth-order valence-corrected chi connectivity index (χ4v) is 1.78. The Bertz CT molecular complexity index is 448. The first-order valence-electron chi connectivity index (χ1n) is 5.36. The molecule has 0 aliphatic rings. The Balaban J connectivity index is 2.25. The maximum absolute atomic E-state index is 5.48. The van der Waals surface area contributed by atoms with E-state index in [0.29, 0.717) is 0 Å². The van der Waals surface area contributed by atoms with Crippen molar-refractivity contribution in [3.05, 3.63) is 29.7 Å². The van der Waals surface area contributed by atoms with E-state index in [0.717, 1.165) is 42.8 Å². The van der Waals surface area contributed by atoms with Crippen molar-refractivity contribution in [2.75, 3.05) is 6.54 Å². The first kappa shape index (κ1) is 10.2. The summed E-state index contributed by atoms with van der Waals surface area (Å²) < 4.78 is 5.48. The van der Waals surface area contributed by atoms with Crippen LogP contribution in [0.4, 0.5) is 0 Å². The number of fused-ring (bicyclic) bond motifs is 1. The molecule has 0 saturated heterocycles. The lowest BCUT2D eigenvalue weighted by Gasteiger charge is -2.00. The molecule has 0 saturated carbocycles. The summed E-state index contributed by atoms with van der Waals surface area (Å²) in [5.74, 6) is 0.733. The maximum Gasteiger partial charge on any atom is 0.192 e. The van der Waals surface area contributed by atoms with Crippen LogP contribution in [0.3, 0.4) is 0 Å². The molecule has 0 unspecified atom stereocenters. The zero-order chi connectivity index (χ0) is 10.7. The standard InChI is InChI=1S/C12H16N2O/c1-9-14-12-10(5-2-3-8-13)6-4-7-11(12)15-9/h4,6-7H,2-3,5,8,13H2,1H3. The van der Waals surface area contributed by atoms with Gasteiger partial charge < -0.3 is 10.2 Å². The third kappa shape index (κ3) is 2.18. The molecule has 2 rings (SSSR count). The number of oxazole rings is 1. The van der Waals surface area contributed by atoms with Gasteiger partial charge in [-0.2, -0.15) is 0 Å². The number of hydrogen-bond acceptors (Lipinski definition) is 3.